The number of rotatable bonds is 4. The van der Waals surface area contributed by atoms with Gasteiger partial charge in [-0.05, 0) is 57.4 Å². The number of ether oxygens (including phenoxy) is 1. The van der Waals surface area contributed by atoms with Gasteiger partial charge in [0.2, 0.25) is 0 Å². The van der Waals surface area contributed by atoms with Crippen LogP contribution in [0.3, 0.4) is 0 Å². The summed E-state index contributed by atoms with van der Waals surface area (Å²) in [7, 11) is -0.641. The Balaban J connectivity index is 1.72. The Morgan fingerprint density at radius 1 is 0.962 bits per heavy atom. The molecule has 138 valence electrons. The summed E-state index contributed by atoms with van der Waals surface area (Å²) >= 11 is 5.70. The molecule has 0 unspecified atom stereocenters. The third-order valence-electron chi connectivity index (χ3n) is 4.88. The van der Waals surface area contributed by atoms with Crippen LogP contribution in [0, 0.1) is 11.6 Å². The zero-order chi connectivity index (χ0) is 19.1. The van der Waals surface area contributed by atoms with E-state index in [-0.39, 0.29) is 17.4 Å². The first-order chi connectivity index (χ1) is 12.1. The van der Waals surface area contributed by atoms with Crippen molar-refractivity contribution in [3.63, 3.8) is 0 Å². The molecule has 26 heavy (non-hydrogen) atoms. The van der Waals surface area contributed by atoms with E-state index in [1.807, 2.05) is 27.7 Å². The van der Waals surface area contributed by atoms with Crippen LogP contribution < -0.4 is 10.2 Å². The van der Waals surface area contributed by atoms with E-state index in [0.29, 0.717) is 11.0 Å². The van der Waals surface area contributed by atoms with E-state index in [1.165, 1.54) is 18.2 Å². The van der Waals surface area contributed by atoms with Gasteiger partial charge in [-0.1, -0.05) is 23.7 Å². The third-order valence-corrected chi connectivity index (χ3v) is 5.11. The molecular formula is C19H20BClF2O3. The van der Waals surface area contributed by atoms with Crippen molar-refractivity contribution in [2.75, 3.05) is 0 Å². The predicted molar refractivity (Wildman–Crippen MR) is 97.9 cm³/mol. The van der Waals surface area contributed by atoms with Gasteiger partial charge < -0.3 is 14.0 Å². The fourth-order valence-corrected chi connectivity index (χ4v) is 2.71. The molecule has 1 heterocycles. The molecule has 2 aromatic rings. The molecule has 0 saturated carbocycles. The van der Waals surface area contributed by atoms with Crippen LogP contribution in [-0.4, -0.2) is 18.3 Å². The van der Waals surface area contributed by atoms with Gasteiger partial charge in [-0.2, -0.15) is 0 Å². The number of benzene rings is 2. The summed E-state index contributed by atoms with van der Waals surface area (Å²) < 4.78 is 45.4. The summed E-state index contributed by atoms with van der Waals surface area (Å²) in [6.07, 6.45) is 0. The Bertz CT molecular complexity index is 810. The van der Waals surface area contributed by atoms with Gasteiger partial charge in [0.05, 0.1) is 11.2 Å². The van der Waals surface area contributed by atoms with Crippen molar-refractivity contribution in [3.8, 4) is 5.75 Å². The first-order valence-electron chi connectivity index (χ1n) is 8.31. The third kappa shape index (κ3) is 3.73. The highest BCUT2D eigenvalue weighted by molar-refractivity contribution is 6.62. The Morgan fingerprint density at radius 2 is 1.62 bits per heavy atom. The van der Waals surface area contributed by atoms with Gasteiger partial charge in [0.15, 0.2) is 11.6 Å². The molecule has 3 nitrogen and oxygen atoms in total. The molecule has 0 aromatic heterocycles. The molecular weight excluding hydrogens is 360 g/mol. The molecule has 0 N–H and O–H groups in total. The molecule has 1 saturated heterocycles. The molecule has 0 aliphatic carbocycles. The molecule has 0 radical (unpaired) electrons. The molecule has 0 amide bonds. The van der Waals surface area contributed by atoms with E-state index in [4.69, 9.17) is 25.6 Å². The number of hydrogen-bond acceptors (Lipinski definition) is 3. The van der Waals surface area contributed by atoms with E-state index in [2.05, 4.69) is 0 Å². The normalized spacial score (nSPS) is 18.2. The SMILES string of the molecule is CC1(C)OB(c2ccc(COc3ccc(Cl)cc3F)c(F)c2)OC1(C)C. The average Bonchev–Trinajstić information content (AvgIpc) is 2.75. The monoisotopic (exact) mass is 380 g/mol. The van der Waals surface area contributed by atoms with E-state index >= 15 is 0 Å². The van der Waals surface area contributed by atoms with Crippen molar-refractivity contribution in [1.82, 2.24) is 0 Å². The minimum atomic E-state index is -0.641. The van der Waals surface area contributed by atoms with Gasteiger partial charge in [-0.25, -0.2) is 8.78 Å². The smallest absolute Gasteiger partial charge is 0.486 e. The van der Waals surface area contributed by atoms with Crippen molar-refractivity contribution in [2.45, 2.75) is 45.5 Å². The summed E-state index contributed by atoms with van der Waals surface area (Å²) in [6.45, 7) is 7.64. The Morgan fingerprint density at radius 3 is 2.19 bits per heavy atom. The molecule has 0 atom stereocenters. The van der Waals surface area contributed by atoms with Crippen LogP contribution in [0.15, 0.2) is 36.4 Å². The van der Waals surface area contributed by atoms with Crippen LogP contribution in [0.5, 0.6) is 5.75 Å². The standard InChI is InChI=1S/C19H20BClF2O3/c1-18(2)19(3,4)26-20(25-18)13-6-5-12(15(22)9-13)11-24-17-8-7-14(21)10-16(17)23/h5-10H,11H2,1-4H3. The van der Waals surface area contributed by atoms with Crippen molar-refractivity contribution in [1.29, 1.82) is 0 Å². The summed E-state index contributed by atoms with van der Waals surface area (Å²) in [5.41, 5.74) is -0.105. The van der Waals surface area contributed by atoms with Crippen LogP contribution in [-0.2, 0) is 15.9 Å². The largest absolute Gasteiger partial charge is 0.494 e. The number of hydrogen-bond donors (Lipinski definition) is 0. The Hall–Kier alpha value is -1.63. The van der Waals surface area contributed by atoms with Gasteiger partial charge in [0.1, 0.15) is 12.4 Å². The molecule has 0 bridgehead atoms. The Kier molecular flexibility index (Phi) is 5.03. The second-order valence-electron chi connectivity index (χ2n) is 7.30. The first-order valence-corrected chi connectivity index (χ1v) is 8.69. The van der Waals surface area contributed by atoms with Crippen molar-refractivity contribution in [2.24, 2.45) is 0 Å². The van der Waals surface area contributed by atoms with Gasteiger partial charge >= 0.3 is 7.12 Å². The van der Waals surface area contributed by atoms with E-state index in [9.17, 15) is 8.78 Å². The van der Waals surface area contributed by atoms with Crippen LogP contribution in [0.1, 0.15) is 33.3 Å². The van der Waals surface area contributed by atoms with Crippen LogP contribution in [0.25, 0.3) is 0 Å². The summed E-state index contributed by atoms with van der Waals surface area (Å²) in [4.78, 5) is 0. The topological polar surface area (TPSA) is 27.7 Å². The fraction of sp³-hybridized carbons (Fsp3) is 0.368. The van der Waals surface area contributed by atoms with Crippen LogP contribution >= 0.6 is 11.6 Å². The molecule has 0 spiro atoms. The molecule has 3 rings (SSSR count). The second-order valence-corrected chi connectivity index (χ2v) is 7.74. The lowest BCUT2D eigenvalue weighted by Gasteiger charge is -2.32. The quantitative estimate of drug-likeness (QED) is 0.731. The lowest BCUT2D eigenvalue weighted by molar-refractivity contribution is 0.00578. The van der Waals surface area contributed by atoms with Gasteiger partial charge in [0.25, 0.3) is 0 Å². The summed E-state index contributed by atoms with van der Waals surface area (Å²) in [5.74, 6) is -1.04. The van der Waals surface area contributed by atoms with Crippen molar-refractivity contribution in [3.05, 3.63) is 58.6 Å². The average molecular weight is 381 g/mol. The minimum Gasteiger partial charge on any atom is -0.486 e. The fourth-order valence-electron chi connectivity index (χ4n) is 2.55. The highest BCUT2D eigenvalue weighted by Gasteiger charge is 2.51. The lowest BCUT2D eigenvalue weighted by Crippen LogP contribution is -2.41. The number of halogens is 3. The van der Waals surface area contributed by atoms with E-state index < -0.39 is 30.0 Å². The first kappa shape index (κ1) is 19.1. The summed E-state index contributed by atoms with van der Waals surface area (Å²) in [5, 5.41) is 0.271. The van der Waals surface area contributed by atoms with Crippen molar-refractivity contribution >= 4 is 24.2 Å². The zero-order valence-corrected chi connectivity index (χ0v) is 15.9. The second kappa shape index (κ2) is 6.84. The maximum Gasteiger partial charge on any atom is 0.494 e. The molecule has 7 heteroatoms. The van der Waals surface area contributed by atoms with Crippen LogP contribution in [0.2, 0.25) is 5.02 Å². The van der Waals surface area contributed by atoms with Gasteiger partial charge in [0, 0.05) is 10.6 Å². The predicted octanol–water partition coefficient (Wildman–Crippen LogP) is 4.50. The lowest BCUT2D eigenvalue weighted by atomic mass is 9.79. The highest BCUT2D eigenvalue weighted by Crippen LogP contribution is 2.36. The van der Waals surface area contributed by atoms with Crippen LogP contribution in [0.4, 0.5) is 8.78 Å². The van der Waals surface area contributed by atoms with E-state index in [0.717, 1.165) is 6.07 Å². The summed E-state index contributed by atoms with van der Waals surface area (Å²) in [6, 6.07) is 8.74. The highest BCUT2D eigenvalue weighted by atomic mass is 35.5. The molecule has 1 aliphatic heterocycles. The maximum atomic E-state index is 14.5. The minimum absolute atomic E-state index is 0.0174. The molecule has 1 fully saturated rings. The Labute approximate surface area is 157 Å². The van der Waals surface area contributed by atoms with Gasteiger partial charge in [-0.3, -0.25) is 0 Å². The molecule has 2 aromatic carbocycles. The van der Waals surface area contributed by atoms with E-state index in [1.54, 1.807) is 12.1 Å². The van der Waals surface area contributed by atoms with Gasteiger partial charge in [-0.15, -0.1) is 0 Å². The maximum absolute atomic E-state index is 14.5. The molecule has 1 aliphatic rings. The van der Waals surface area contributed by atoms with Crippen molar-refractivity contribution < 1.29 is 22.8 Å². The zero-order valence-electron chi connectivity index (χ0n) is 15.1.